The van der Waals surface area contributed by atoms with Crippen LogP contribution in [0.25, 0.3) is 0 Å². The Morgan fingerprint density at radius 3 is 2.38 bits per heavy atom. The third-order valence-corrected chi connectivity index (χ3v) is 2.88. The molecule has 1 aliphatic carbocycles. The highest BCUT2D eigenvalue weighted by atomic mass is 16.2. The van der Waals surface area contributed by atoms with Gasteiger partial charge in [0.15, 0.2) is 0 Å². The normalized spacial score (nSPS) is 17.2. The molecule has 1 rings (SSSR count). The number of nitrogens with one attached hydrogen (secondary N) is 2. The van der Waals surface area contributed by atoms with Crippen molar-refractivity contribution in [2.45, 2.75) is 46.0 Å². The van der Waals surface area contributed by atoms with Crippen LogP contribution in [0.3, 0.4) is 0 Å². The monoisotopic (exact) mass is 226 g/mol. The number of urea groups is 1. The average Bonchev–Trinajstić information content (AvgIpc) is 2.27. The zero-order chi connectivity index (χ0) is 12.0. The van der Waals surface area contributed by atoms with Crippen LogP contribution in [0, 0.1) is 11.8 Å². The van der Waals surface area contributed by atoms with Crippen molar-refractivity contribution in [3.05, 3.63) is 0 Å². The van der Waals surface area contributed by atoms with Crippen molar-refractivity contribution in [3.8, 4) is 0 Å². The molecule has 0 saturated heterocycles. The minimum Gasteiger partial charge on any atom is -0.338 e. The maximum absolute atomic E-state index is 11.7. The van der Waals surface area contributed by atoms with Crippen molar-refractivity contribution in [2.75, 3.05) is 6.54 Å². The molecule has 0 unspecified atom stereocenters. The third kappa shape index (κ3) is 4.64. The summed E-state index contributed by atoms with van der Waals surface area (Å²) in [6.45, 7) is 4.64. The van der Waals surface area contributed by atoms with Crippen molar-refractivity contribution in [1.82, 2.24) is 10.6 Å². The molecule has 0 aliphatic heterocycles. The molecule has 0 radical (unpaired) electrons. The Morgan fingerprint density at radius 2 is 1.81 bits per heavy atom. The predicted molar refractivity (Wildman–Crippen MR) is 63.0 cm³/mol. The van der Waals surface area contributed by atoms with E-state index in [1.54, 1.807) is 0 Å². The summed E-state index contributed by atoms with van der Waals surface area (Å²) in [5.74, 6) is 0.329. The fourth-order valence-corrected chi connectivity index (χ4v) is 1.92. The molecule has 3 amide bonds. The lowest BCUT2D eigenvalue weighted by Crippen LogP contribution is -2.43. The predicted octanol–water partition coefficient (Wildman–Crippen LogP) is 2.05. The first-order valence-electron chi connectivity index (χ1n) is 6.18. The van der Waals surface area contributed by atoms with Gasteiger partial charge >= 0.3 is 6.03 Å². The summed E-state index contributed by atoms with van der Waals surface area (Å²) in [5.41, 5.74) is 0. The number of hydrogen-bond donors (Lipinski definition) is 2. The van der Waals surface area contributed by atoms with Gasteiger partial charge in [-0.3, -0.25) is 10.1 Å². The van der Waals surface area contributed by atoms with Crippen molar-refractivity contribution in [3.63, 3.8) is 0 Å². The summed E-state index contributed by atoms with van der Waals surface area (Å²) < 4.78 is 0. The van der Waals surface area contributed by atoms with Crippen LogP contribution in [0.1, 0.15) is 46.0 Å². The van der Waals surface area contributed by atoms with E-state index < -0.39 is 0 Å². The second-order valence-corrected chi connectivity index (χ2v) is 4.93. The first-order chi connectivity index (χ1) is 7.59. The Labute approximate surface area is 97.2 Å². The molecule has 0 bridgehead atoms. The highest BCUT2D eigenvalue weighted by molar-refractivity contribution is 5.95. The molecule has 92 valence electrons. The Morgan fingerprint density at radius 1 is 1.19 bits per heavy atom. The van der Waals surface area contributed by atoms with Crippen LogP contribution in [0.5, 0.6) is 0 Å². The number of imide groups is 1. The van der Waals surface area contributed by atoms with Crippen LogP contribution < -0.4 is 10.6 Å². The van der Waals surface area contributed by atoms with Crippen molar-refractivity contribution >= 4 is 11.9 Å². The van der Waals surface area contributed by atoms with Crippen molar-refractivity contribution < 1.29 is 9.59 Å². The molecule has 0 atom stereocenters. The number of carbonyl (C=O) groups is 2. The Hall–Kier alpha value is -1.06. The fourth-order valence-electron chi connectivity index (χ4n) is 1.92. The van der Waals surface area contributed by atoms with E-state index in [1.165, 1.54) is 6.42 Å². The van der Waals surface area contributed by atoms with Gasteiger partial charge in [-0.05, 0) is 18.8 Å². The van der Waals surface area contributed by atoms with E-state index in [0.717, 1.165) is 25.7 Å². The van der Waals surface area contributed by atoms with E-state index in [9.17, 15) is 9.59 Å². The van der Waals surface area contributed by atoms with Gasteiger partial charge in [0, 0.05) is 12.5 Å². The smallest absolute Gasteiger partial charge is 0.321 e. The maximum atomic E-state index is 11.7. The van der Waals surface area contributed by atoms with E-state index in [4.69, 9.17) is 0 Å². The first-order valence-corrected chi connectivity index (χ1v) is 6.18. The molecule has 2 N–H and O–H groups in total. The first kappa shape index (κ1) is 13.0. The zero-order valence-electron chi connectivity index (χ0n) is 10.2. The van der Waals surface area contributed by atoms with Crippen LogP contribution in [0.4, 0.5) is 4.79 Å². The molecule has 1 fully saturated rings. The lowest BCUT2D eigenvalue weighted by atomic mass is 9.89. The van der Waals surface area contributed by atoms with Crippen LogP contribution in [-0.4, -0.2) is 18.5 Å². The van der Waals surface area contributed by atoms with E-state index in [2.05, 4.69) is 10.6 Å². The highest BCUT2D eigenvalue weighted by Crippen LogP contribution is 2.23. The molecule has 0 aromatic rings. The van der Waals surface area contributed by atoms with Gasteiger partial charge in [-0.15, -0.1) is 0 Å². The maximum Gasteiger partial charge on any atom is 0.321 e. The van der Waals surface area contributed by atoms with Gasteiger partial charge in [0.2, 0.25) is 5.91 Å². The number of hydrogen-bond acceptors (Lipinski definition) is 2. The fraction of sp³-hybridized carbons (Fsp3) is 0.833. The summed E-state index contributed by atoms with van der Waals surface area (Å²) >= 11 is 0. The second kappa shape index (κ2) is 6.51. The van der Waals surface area contributed by atoms with Crippen LogP contribution >= 0.6 is 0 Å². The molecule has 0 aromatic heterocycles. The second-order valence-electron chi connectivity index (χ2n) is 4.93. The summed E-state index contributed by atoms with van der Waals surface area (Å²) in [6.07, 6.45) is 5.26. The summed E-state index contributed by atoms with van der Waals surface area (Å²) in [6, 6.07) is -0.357. The van der Waals surface area contributed by atoms with Crippen LogP contribution in [0.2, 0.25) is 0 Å². The van der Waals surface area contributed by atoms with E-state index in [-0.39, 0.29) is 17.9 Å². The largest absolute Gasteiger partial charge is 0.338 e. The summed E-state index contributed by atoms with van der Waals surface area (Å²) in [5, 5.41) is 5.10. The number of carbonyl (C=O) groups excluding carboxylic acids is 2. The summed E-state index contributed by atoms with van der Waals surface area (Å²) in [4.78, 5) is 23.0. The molecular weight excluding hydrogens is 204 g/mol. The van der Waals surface area contributed by atoms with E-state index in [0.29, 0.717) is 12.5 Å². The molecule has 4 heteroatoms. The van der Waals surface area contributed by atoms with E-state index >= 15 is 0 Å². The van der Waals surface area contributed by atoms with Gasteiger partial charge in [0.25, 0.3) is 0 Å². The number of rotatable bonds is 3. The van der Waals surface area contributed by atoms with E-state index in [1.807, 2.05) is 13.8 Å². The van der Waals surface area contributed by atoms with Gasteiger partial charge in [-0.2, -0.15) is 0 Å². The molecule has 16 heavy (non-hydrogen) atoms. The lowest BCUT2D eigenvalue weighted by molar-refractivity contribution is -0.124. The van der Waals surface area contributed by atoms with Crippen LogP contribution in [-0.2, 0) is 4.79 Å². The van der Waals surface area contributed by atoms with Crippen molar-refractivity contribution in [1.29, 1.82) is 0 Å². The third-order valence-electron chi connectivity index (χ3n) is 2.88. The number of amides is 3. The van der Waals surface area contributed by atoms with Gasteiger partial charge in [0.1, 0.15) is 0 Å². The van der Waals surface area contributed by atoms with Gasteiger partial charge in [-0.1, -0.05) is 33.1 Å². The van der Waals surface area contributed by atoms with Crippen molar-refractivity contribution in [2.24, 2.45) is 11.8 Å². The lowest BCUT2D eigenvalue weighted by Gasteiger charge is -2.20. The molecule has 4 nitrogen and oxygen atoms in total. The molecular formula is C12H22N2O2. The molecule has 1 aliphatic rings. The Kier molecular flexibility index (Phi) is 5.29. The zero-order valence-corrected chi connectivity index (χ0v) is 10.2. The van der Waals surface area contributed by atoms with Gasteiger partial charge < -0.3 is 5.32 Å². The standard InChI is InChI=1S/C12H22N2O2/c1-9(2)8-13-12(16)14-11(15)10-6-4-3-5-7-10/h9-10H,3-8H2,1-2H3,(H2,13,14,15,16). The summed E-state index contributed by atoms with van der Waals surface area (Å²) in [7, 11) is 0. The van der Waals surface area contributed by atoms with Crippen LogP contribution in [0.15, 0.2) is 0 Å². The Bertz CT molecular complexity index is 245. The quantitative estimate of drug-likeness (QED) is 0.773. The minimum absolute atomic E-state index is 0.0403. The Balaban J connectivity index is 2.24. The molecule has 0 spiro atoms. The topological polar surface area (TPSA) is 58.2 Å². The highest BCUT2D eigenvalue weighted by Gasteiger charge is 2.22. The van der Waals surface area contributed by atoms with Gasteiger partial charge in [0.05, 0.1) is 0 Å². The van der Waals surface area contributed by atoms with Gasteiger partial charge in [-0.25, -0.2) is 4.79 Å². The molecule has 1 saturated carbocycles. The SMILES string of the molecule is CC(C)CNC(=O)NC(=O)C1CCCCC1. The molecule has 0 heterocycles. The average molecular weight is 226 g/mol. The molecule has 0 aromatic carbocycles. The minimum atomic E-state index is -0.357.